The third kappa shape index (κ3) is 3.13. The Labute approximate surface area is 151 Å². The summed E-state index contributed by atoms with van der Waals surface area (Å²) in [5.74, 6) is 1.01. The van der Waals surface area contributed by atoms with Crippen molar-refractivity contribution in [3.05, 3.63) is 34.0 Å². The Hall–Kier alpha value is -2.02. The van der Waals surface area contributed by atoms with E-state index in [2.05, 4.69) is 25.2 Å². The number of rotatable bonds is 3. The van der Waals surface area contributed by atoms with Crippen LogP contribution in [0.5, 0.6) is 0 Å². The fraction of sp³-hybridized carbons (Fsp3) is 0.556. The summed E-state index contributed by atoms with van der Waals surface area (Å²) in [6, 6.07) is 0. The summed E-state index contributed by atoms with van der Waals surface area (Å²) in [4.78, 5) is 30.7. The fourth-order valence-electron chi connectivity index (χ4n) is 3.95. The van der Waals surface area contributed by atoms with Gasteiger partial charge in [-0.15, -0.1) is 11.3 Å². The SMILES string of the molecule is Cc1cnc(N2CCC[C@@]3(CCN(Cc4csc(C)n4)C3=O)C2)nc1. The quantitative estimate of drug-likeness (QED) is 0.845. The maximum Gasteiger partial charge on any atom is 0.231 e. The van der Waals surface area contributed by atoms with Crippen molar-refractivity contribution in [3.8, 4) is 0 Å². The van der Waals surface area contributed by atoms with Gasteiger partial charge in [0.05, 0.1) is 22.7 Å². The van der Waals surface area contributed by atoms with E-state index in [9.17, 15) is 4.79 Å². The third-order valence-electron chi connectivity index (χ3n) is 5.25. The molecule has 0 unspecified atom stereocenters. The number of hydrogen-bond donors (Lipinski definition) is 0. The first kappa shape index (κ1) is 16.4. The van der Waals surface area contributed by atoms with E-state index in [1.165, 1.54) is 0 Å². The standard InChI is InChI=1S/C18H23N5OS/c1-13-8-19-17(20-9-13)23-6-3-4-18(12-23)5-7-22(16(18)24)10-15-11-25-14(2)21-15/h8-9,11H,3-7,10,12H2,1-2H3/t18-/m1/s1. The molecule has 4 rings (SSSR count). The van der Waals surface area contributed by atoms with Crippen molar-refractivity contribution in [1.29, 1.82) is 0 Å². The molecule has 132 valence electrons. The molecule has 25 heavy (non-hydrogen) atoms. The molecule has 6 nitrogen and oxygen atoms in total. The van der Waals surface area contributed by atoms with E-state index in [1.807, 2.05) is 31.1 Å². The minimum absolute atomic E-state index is 0.273. The predicted octanol–water partition coefficient (Wildman–Crippen LogP) is 2.57. The van der Waals surface area contributed by atoms with Crippen LogP contribution >= 0.6 is 11.3 Å². The van der Waals surface area contributed by atoms with Crippen LogP contribution in [0.15, 0.2) is 17.8 Å². The fourth-order valence-corrected chi connectivity index (χ4v) is 4.55. The van der Waals surface area contributed by atoms with E-state index in [1.54, 1.807) is 11.3 Å². The van der Waals surface area contributed by atoms with Crippen molar-refractivity contribution in [2.45, 2.75) is 39.7 Å². The lowest BCUT2D eigenvalue weighted by molar-refractivity contribution is -0.137. The molecule has 0 radical (unpaired) electrons. The molecule has 0 N–H and O–H groups in total. The van der Waals surface area contributed by atoms with Gasteiger partial charge in [-0.3, -0.25) is 4.79 Å². The molecule has 1 amide bonds. The minimum Gasteiger partial charge on any atom is -0.340 e. The summed E-state index contributed by atoms with van der Waals surface area (Å²) >= 11 is 1.64. The Kier molecular flexibility index (Phi) is 4.19. The number of thiazole rings is 1. The largest absolute Gasteiger partial charge is 0.340 e. The monoisotopic (exact) mass is 357 g/mol. The number of carbonyl (C=O) groups is 1. The number of anilines is 1. The second-order valence-electron chi connectivity index (χ2n) is 7.20. The summed E-state index contributed by atoms with van der Waals surface area (Å²) < 4.78 is 0. The molecule has 2 saturated heterocycles. The average molecular weight is 357 g/mol. The molecule has 0 saturated carbocycles. The average Bonchev–Trinajstić information content (AvgIpc) is 3.15. The normalized spacial score (nSPS) is 23.7. The minimum atomic E-state index is -0.280. The van der Waals surface area contributed by atoms with Gasteiger partial charge in [-0.1, -0.05) is 0 Å². The first-order valence-electron chi connectivity index (χ1n) is 8.80. The zero-order valence-electron chi connectivity index (χ0n) is 14.7. The third-order valence-corrected chi connectivity index (χ3v) is 6.07. The highest BCUT2D eigenvalue weighted by atomic mass is 32.1. The summed E-state index contributed by atoms with van der Waals surface area (Å²) in [7, 11) is 0. The lowest BCUT2D eigenvalue weighted by Crippen LogP contribution is -2.48. The number of nitrogens with zero attached hydrogens (tertiary/aromatic N) is 5. The highest BCUT2D eigenvalue weighted by Gasteiger charge is 2.49. The number of piperidine rings is 1. The molecule has 1 spiro atoms. The summed E-state index contributed by atoms with van der Waals surface area (Å²) in [5.41, 5.74) is 1.77. The van der Waals surface area contributed by atoms with Crippen molar-refractivity contribution in [3.63, 3.8) is 0 Å². The van der Waals surface area contributed by atoms with Crippen LogP contribution < -0.4 is 4.90 Å². The predicted molar refractivity (Wildman–Crippen MR) is 97.5 cm³/mol. The van der Waals surface area contributed by atoms with E-state index in [0.717, 1.165) is 61.1 Å². The first-order valence-corrected chi connectivity index (χ1v) is 9.68. The zero-order valence-corrected chi connectivity index (χ0v) is 15.6. The number of likely N-dealkylation sites (tertiary alicyclic amines) is 1. The Morgan fingerprint density at radius 1 is 1.20 bits per heavy atom. The Balaban J connectivity index is 1.49. The van der Waals surface area contributed by atoms with Gasteiger partial charge in [0.1, 0.15) is 0 Å². The summed E-state index contributed by atoms with van der Waals surface area (Å²) in [6.45, 7) is 7.08. The molecule has 7 heteroatoms. The molecule has 2 fully saturated rings. The van der Waals surface area contributed by atoms with Crippen LogP contribution in [0.2, 0.25) is 0 Å². The van der Waals surface area contributed by atoms with E-state index >= 15 is 0 Å². The first-order chi connectivity index (χ1) is 12.1. The van der Waals surface area contributed by atoms with Crippen molar-refractivity contribution >= 4 is 23.2 Å². The molecular weight excluding hydrogens is 334 g/mol. The number of hydrogen-bond acceptors (Lipinski definition) is 6. The van der Waals surface area contributed by atoms with Gasteiger partial charge in [0, 0.05) is 37.4 Å². The van der Waals surface area contributed by atoms with Crippen LogP contribution in [0.3, 0.4) is 0 Å². The molecule has 0 aromatic carbocycles. The highest BCUT2D eigenvalue weighted by Crippen LogP contribution is 2.41. The van der Waals surface area contributed by atoms with Gasteiger partial charge >= 0.3 is 0 Å². The molecule has 0 aliphatic carbocycles. The maximum atomic E-state index is 13.2. The van der Waals surface area contributed by atoms with Crippen molar-refractivity contribution < 1.29 is 4.79 Å². The van der Waals surface area contributed by atoms with Gasteiger partial charge in [-0.25, -0.2) is 15.0 Å². The van der Waals surface area contributed by atoms with Gasteiger partial charge in [-0.05, 0) is 38.7 Å². The van der Waals surface area contributed by atoms with Gasteiger partial charge < -0.3 is 9.80 Å². The molecule has 2 aromatic rings. The molecule has 4 heterocycles. The topological polar surface area (TPSA) is 62.2 Å². The molecule has 2 aliphatic rings. The number of carbonyl (C=O) groups excluding carboxylic acids is 1. The Bertz CT molecular complexity index is 774. The van der Waals surface area contributed by atoms with E-state index < -0.39 is 0 Å². The van der Waals surface area contributed by atoms with Crippen molar-refractivity contribution in [2.24, 2.45) is 5.41 Å². The highest BCUT2D eigenvalue weighted by molar-refractivity contribution is 7.09. The zero-order chi connectivity index (χ0) is 17.4. The van der Waals surface area contributed by atoms with Gasteiger partial charge in [0.15, 0.2) is 0 Å². The van der Waals surface area contributed by atoms with Crippen LogP contribution in [-0.4, -0.2) is 45.4 Å². The molecule has 2 aromatic heterocycles. The summed E-state index contributed by atoms with van der Waals surface area (Å²) in [5, 5.41) is 3.11. The second-order valence-corrected chi connectivity index (χ2v) is 8.26. The van der Waals surface area contributed by atoms with E-state index in [-0.39, 0.29) is 11.3 Å². The van der Waals surface area contributed by atoms with Crippen molar-refractivity contribution in [1.82, 2.24) is 19.9 Å². The molecule has 1 atom stereocenters. The van der Waals surface area contributed by atoms with E-state index in [0.29, 0.717) is 6.54 Å². The second kappa shape index (κ2) is 6.37. The smallest absolute Gasteiger partial charge is 0.231 e. The van der Waals surface area contributed by atoms with Gasteiger partial charge in [0.25, 0.3) is 0 Å². The van der Waals surface area contributed by atoms with Crippen LogP contribution in [0, 0.1) is 19.3 Å². The van der Waals surface area contributed by atoms with Crippen LogP contribution in [-0.2, 0) is 11.3 Å². The van der Waals surface area contributed by atoms with Crippen LogP contribution in [0.25, 0.3) is 0 Å². The van der Waals surface area contributed by atoms with Crippen molar-refractivity contribution in [2.75, 3.05) is 24.5 Å². The van der Waals surface area contributed by atoms with Crippen LogP contribution in [0.1, 0.15) is 35.5 Å². The Morgan fingerprint density at radius 3 is 2.72 bits per heavy atom. The van der Waals surface area contributed by atoms with E-state index in [4.69, 9.17) is 0 Å². The maximum absolute atomic E-state index is 13.2. The number of aromatic nitrogens is 3. The van der Waals surface area contributed by atoms with Crippen LogP contribution in [0.4, 0.5) is 5.95 Å². The molecular formula is C18H23N5OS. The lowest BCUT2D eigenvalue weighted by atomic mass is 9.78. The number of amides is 1. The molecule has 2 aliphatic heterocycles. The van der Waals surface area contributed by atoms with Gasteiger partial charge in [-0.2, -0.15) is 0 Å². The summed E-state index contributed by atoms with van der Waals surface area (Å²) in [6.07, 6.45) is 6.57. The molecule has 0 bridgehead atoms. The number of aryl methyl sites for hydroxylation is 2. The Morgan fingerprint density at radius 2 is 2.00 bits per heavy atom. The lowest BCUT2D eigenvalue weighted by Gasteiger charge is -2.39. The van der Waals surface area contributed by atoms with Gasteiger partial charge in [0.2, 0.25) is 11.9 Å².